The maximum atomic E-state index is 11.7. The predicted molar refractivity (Wildman–Crippen MR) is 98.1 cm³/mol. The van der Waals surface area contributed by atoms with Crippen molar-refractivity contribution >= 4 is 12.0 Å². The molecule has 0 fully saturated rings. The van der Waals surface area contributed by atoms with Crippen molar-refractivity contribution in [3.8, 4) is 16.9 Å². The van der Waals surface area contributed by atoms with Crippen molar-refractivity contribution in [2.24, 2.45) is 0 Å². The van der Waals surface area contributed by atoms with Crippen LogP contribution in [0.3, 0.4) is 0 Å². The molecule has 0 spiro atoms. The van der Waals surface area contributed by atoms with E-state index in [0.717, 1.165) is 16.9 Å². The Kier molecular flexibility index (Phi) is 5.67. The largest absolute Gasteiger partial charge is 0.491 e. The Balaban J connectivity index is 1.50. The highest BCUT2D eigenvalue weighted by atomic mass is 16.5. The van der Waals surface area contributed by atoms with E-state index in [-0.39, 0.29) is 5.91 Å². The second-order valence-electron chi connectivity index (χ2n) is 5.35. The Morgan fingerprint density at radius 2 is 1.80 bits per heavy atom. The predicted octanol–water partition coefficient (Wildman–Crippen LogP) is 4.16. The fraction of sp³-hybridized carbons (Fsp3) is 0.0952. The number of hydrogen-bond acceptors (Lipinski definition) is 3. The lowest BCUT2D eigenvalue weighted by Gasteiger charge is -2.11. The number of carbonyl (C=O) groups excluding carboxylic acids is 1. The van der Waals surface area contributed by atoms with E-state index in [4.69, 9.17) is 9.15 Å². The van der Waals surface area contributed by atoms with Crippen LogP contribution in [0.1, 0.15) is 5.76 Å². The number of ether oxygens (including phenoxy) is 1. The Hall–Kier alpha value is -3.27. The lowest BCUT2D eigenvalue weighted by Crippen LogP contribution is -2.26. The number of nitrogens with one attached hydrogen (secondary N) is 1. The standard InChI is InChI=1S/C21H19NO3/c23-21(13-12-18-9-6-15-24-18)22-14-16-25-20-11-5-4-10-19(20)17-7-2-1-3-8-17/h1-13,15H,14,16H2,(H,22,23). The van der Waals surface area contributed by atoms with Crippen molar-refractivity contribution in [1.82, 2.24) is 5.32 Å². The molecule has 0 aliphatic heterocycles. The average Bonchev–Trinajstić information content (AvgIpc) is 3.18. The summed E-state index contributed by atoms with van der Waals surface area (Å²) in [6, 6.07) is 21.5. The molecular weight excluding hydrogens is 314 g/mol. The monoisotopic (exact) mass is 333 g/mol. The van der Waals surface area contributed by atoms with Crippen molar-refractivity contribution in [1.29, 1.82) is 0 Å². The van der Waals surface area contributed by atoms with Crippen LogP contribution in [0.25, 0.3) is 17.2 Å². The minimum Gasteiger partial charge on any atom is -0.491 e. The number of benzene rings is 2. The maximum Gasteiger partial charge on any atom is 0.244 e. The zero-order valence-electron chi connectivity index (χ0n) is 13.7. The minimum atomic E-state index is -0.184. The van der Waals surface area contributed by atoms with Gasteiger partial charge in [0.25, 0.3) is 0 Å². The van der Waals surface area contributed by atoms with Gasteiger partial charge in [-0.05, 0) is 29.8 Å². The molecule has 25 heavy (non-hydrogen) atoms. The number of para-hydroxylation sites is 1. The zero-order valence-corrected chi connectivity index (χ0v) is 13.7. The van der Waals surface area contributed by atoms with Crippen LogP contribution in [0, 0.1) is 0 Å². The fourth-order valence-corrected chi connectivity index (χ4v) is 2.39. The van der Waals surface area contributed by atoms with Gasteiger partial charge in [-0.2, -0.15) is 0 Å². The number of hydrogen-bond donors (Lipinski definition) is 1. The lowest BCUT2D eigenvalue weighted by atomic mass is 10.1. The van der Waals surface area contributed by atoms with Gasteiger partial charge in [0.2, 0.25) is 5.91 Å². The Morgan fingerprint density at radius 1 is 1.00 bits per heavy atom. The molecule has 0 aliphatic rings. The summed E-state index contributed by atoms with van der Waals surface area (Å²) in [5.41, 5.74) is 2.13. The SMILES string of the molecule is O=C(C=Cc1ccco1)NCCOc1ccccc1-c1ccccc1. The van der Waals surface area contributed by atoms with Crippen LogP contribution >= 0.6 is 0 Å². The summed E-state index contributed by atoms with van der Waals surface area (Å²) >= 11 is 0. The smallest absolute Gasteiger partial charge is 0.244 e. The summed E-state index contributed by atoms with van der Waals surface area (Å²) in [7, 11) is 0. The third-order valence-corrected chi connectivity index (χ3v) is 3.57. The quantitative estimate of drug-likeness (QED) is 0.522. The summed E-state index contributed by atoms with van der Waals surface area (Å²) in [6.07, 6.45) is 4.63. The molecule has 3 rings (SSSR count). The number of amides is 1. The summed E-state index contributed by atoms with van der Waals surface area (Å²) < 4.78 is 11.0. The number of carbonyl (C=O) groups is 1. The molecule has 0 saturated carbocycles. The van der Waals surface area contributed by atoms with Gasteiger partial charge in [-0.1, -0.05) is 48.5 Å². The zero-order chi connectivity index (χ0) is 17.3. The van der Waals surface area contributed by atoms with Crippen LogP contribution in [0.15, 0.2) is 83.5 Å². The van der Waals surface area contributed by atoms with Crippen LogP contribution < -0.4 is 10.1 Å². The van der Waals surface area contributed by atoms with E-state index in [1.165, 1.54) is 6.08 Å². The van der Waals surface area contributed by atoms with Gasteiger partial charge in [0.1, 0.15) is 18.1 Å². The van der Waals surface area contributed by atoms with Gasteiger partial charge < -0.3 is 14.5 Å². The average molecular weight is 333 g/mol. The molecule has 1 aromatic heterocycles. The molecule has 3 aromatic rings. The van der Waals surface area contributed by atoms with Crippen molar-refractivity contribution in [2.45, 2.75) is 0 Å². The molecule has 4 heteroatoms. The van der Waals surface area contributed by atoms with E-state index in [0.29, 0.717) is 18.9 Å². The Bertz CT molecular complexity index is 823. The third kappa shape index (κ3) is 4.85. The van der Waals surface area contributed by atoms with E-state index < -0.39 is 0 Å². The van der Waals surface area contributed by atoms with Crippen molar-refractivity contribution in [3.05, 3.63) is 84.8 Å². The van der Waals surface area contributed by atoms with E-state index >= 15 is 0 Å². The summed E-state index contributed by atoms with van der Waals surface area (Å²) in [5.74, 6) is 1.26. The highest BCUT2D eigenvalue weighted by Gasteiger charge is 2.05. The van der Waals surface area contributed by atoms with Crippen LogP contribution in [-0.2, 0) is 4.79 Å². The molecule has 1 heterocycles. The molecule has 0 unspecified atom stereocenters. The molecule has 0 saturated heterocycles. The van der Waals surface area contributed by atoms with Gasteiger partial charge in [0.15, 0.2) is 0 Å². The van der Waals surface area contributed by atoms with Crippen molar-refractivity contribution in [3.63, 3.8) is 0 Å². The lowest BCUT2D eigenvalue weighted by molar-refractivity contribution is -0.116. The molecule has 126 valence electrons. The normalized spacial score (nSPS) is 10.7. The highest BCUT2D eigenvalue weighted by molar-refractivity contribution is 5.91. The van der Waals surface area contributed by atoms with Gasteiger partial charge in [-0.3, -0.25) is 4.79 Å². The van der Waals surface area contributed by atoms with Gasteiger partial charge in [-0.15, -0.1) is 0 Å². The van der Waals surface area contributed by atoms with E-state index in [2.05, 4.69) is 5.32 Å². The van der Waals surface area contributed by atoms with E-state index in [1.807, 2.05) is 54.6 Å². The summed E-state index contributed by atoms with van der Waals surface area (Å²) in [6.45, 7) is 0.814. The first-order valence-corrected chi connectivity index (χ1v) is 8.09. The number of furan rings is 1. The Morgan fingerprint density at radius 3 is 2.60 bits per heavy atom. The van der Waals surface area contributed by atoms with E-state index in [1.54, 1.807) is 24.5 Å². The molecule has 0 aliphatic carbocycles. The topological polar surface area (TPSA) is 51.5 Å². The van der Waals surface area contributed by atoms with Crippen LogP contribution in [0.5, 0.6) is 5.75 Å². The fourth-order valence-electron chi connectivity index (χ4n) is 2.39. The molecule has 2 aromatic carbocycles. The van der Waals surface area contributed by atoms with Gasteiger partial charge in [-0.25, -0.2) is 0 Å². The molecule has 0 radical (unpaired) electrons. The van der Waals surface area contributed by atoms with Crippen LogP contribution in [0.4, 0.5) is 0 Å². The van der Waals surface area contributed by atoms with Crippen molar-refractivity contribution in [2.75, 3.05) is 13.2 Å². The second kappa shape index (κ2) is 8.55. The number of rotatable bonds is 7. The minimum absolute atomic E-state index is 0.184. The van der Waals surface area contributed by atoms with Crippen LogP contribution in [-0.4, -0.2) is 19.1 Å². The second-order valence-corrected chi connectivity index (χ2v) is 5.35. The first-order valence-electron chi connectivity index (χ1n) is 8.09. The van der Waals surface area contributed by atoms with Gasteiger partial charge in [0.05, 0.1) is 12.8 Å². The van der Waals surface area contributed by atoms with E-state index in [9.17, 15) is 4.79 Å². The highest BCUT2D eigenvalue weighted by Crippen LogP contribution is 2.29. The molecular formula is C21H19NO3. The molecule has 4 nitrogen and oxygen atoms in total. The molecule has 0 bridgehead atoms. The first kappa shape index (κ1) is 16.6. The van der Waals surface area contributed by atoms with Crippen LogP contribution in [0.2, 0.25) is 0 Å². The first-order chi connectivity index (χ1) is 12.3. The Labute approximate surface area is 146 Å². The summed E-state index contributed by atoms with van der Waals surface area (Å²) in [4.78, 5) is 11.7. The van der Waals surface area contributed by atoms with Gasteiger partial charge >= 0.3 is 0 Å². The van der Waals surface area contributed by atoms with Crippen molar-refractivity contribution < 1.29 is 13.9 Å². The van der Waals surface area contributed by atoms with Gasteiger partial charge in [0, 0.05) is 11.6 Å². The molecule has 0 atom stereocenters. The summed E-state index contributed by atoms with van der Waals surface area (Å²) in [5, 5.41) is 2.78. The maximum absolute atomic E-state index is 11.7. The third-order valence-electron chi connectivity index (χ3n) is 3.57. The molecule has 1 N–H and O–H groups in total. The molecule has 1 amide bonds.